The zero-order valence-corrected chi connectivity index (χ0v) is 14.2. The first-order chi connectivity index (χ1) is 12.1. The van der Waals surface area contributed by atoms with Crippen molar-refractivity contribution >= 4 is 23.3 Å². The van der Waals surface area contributed by atoms with Crippen LogP contribution in [0.2, 0.25) is 5.02 Å². The fourth-order valence-electron chi connectivity index (χ4n) is 3.74. The van der Waals surface area contributed by atoms with Crippen molar-refractivity contribution in [2.45, 2.75) is 25.0 Å². The number of aliphatic carboxylic acids is 1. The van der Waals surface area contributed by atoms with Crippen molar-refractivity contribution in [2.24, 2.45) is 5.92 Å². The molecule has 2 aromatic rings. The third kappa shape index (κ3) is 2.98. The van der Waals surface area contributed by atoms with Gasteiger partial charge in [-0.3, -0.25) is 0 Å². The average Bonchev–Trinajstić information content (AvgIpc) is 3.10. The zero-order valence-electron chi connectivity index (χ0n) is 13.5. The molecule has 0 saturated carbocycles. The lowest BCUT2D eigenvalue weighted by molar-refractivity contribution is -0.139. The Morgan fingerprint density at radius 2 is 2.04 bits per heavy atom. The summed E-state index contributed by atoms with van der Waals surface area (Å²) < 4.78 is 5.86. The molecule has 0 bridgehead atoms. The second-order valence-electron chi connectivity index (χ2n) is 6.44. The zero-order chi connectivity index (χ0) is 17.4. The topological polar surface area (TPSA) is 58.6 Å². The lowest BCUT2D eigenvalue weighted by Gasteiger charge is -2.35. The summed E-state index contributed by atoms with van der Waals surface area (Å²) in [5, 5.41) is 13.5. The number of carboxylic acids is 1. The van der Waals surface area contributed by atoms with Crippen molar-refractivity contribution < 1.29 is 14.6 Å². The van der Waals surface area contributed by atoms with Crippen molar-refractivity contribution in [1.29, 1.82) is 0 Å². The minimum Gasteiger partial charge on any atom is -0.489 e. The molecule has 0 aromatic heterocycles. The van der Waals surface area contributed by atoms with Crippen LogP contribution in [0.4, 0.5) is 5.69 Å². The normalized spacial score (nSPS) is 23.5. The molecule has 0 radical (unpaired) electrons. The summed E-state index contributed by atoms with van der Waals surface area (Å²) in [6.45, 7) is 0.366. The molecule has 128 valence electrons. The summed E-state index contributed by atoms with van der Waals surface area (Å²) in [4.78, 5) is 11.7. The van der Waals surface area contributed by atoms with Crippen LogP contribution in [0.5, 0.6) is 5.75 Å². The van der Waals surface area contributed by atoms with E-state index in [1.807, 2.05) is 24.3 Å². The molecule has 4 rings (SSSR count). The Hall–Kier alpha value is -2.46. The van der Waals surface area contributed by atoms with E-state index in [2.05, 4.69) is 23.5 Å². The number of rotatable bonds is 4. The number of ether oxygens (including phenoxy) is 1. The number of allylic oxidation sites excluding steroid dienone is 2. The van der Waals surface area contributed by atoms with Crippen molar-refractivity contribution in [1.82, 2.24) is 0 Å². The van der Waals surface area contributed by atoms with Crippen LogP contribution in [0, 0.1) is 5.92 Å². The monoisotopic (exact) mass is 355 g/mol. The highest BCUT2D eigenvalue weighted by molar-refractivity contribution is 6.30. The summed E-state index contributed by atoms with van der Waals surface area (Å²) in [5.74, 6) is 0.134. The molecule has 0 amide bonds. The van der Waals surface area contributed by atoms with Gasteiger partial charge in [0.15, 0.2) is 0 Å². The van der Waals surface area contributed by atoms with E-state index in [4.69, 9.17) is 16.3 Å². The molecule has 1 heterocycles. The SMILES string of the molecule is O=C(O)C1Nc2c(COc3ccc(Cl)cc3)cccc2C2C=CCC12. The van der Waals surface area contributed by atoms with Gasteiger partial charge in [0.25, 0.3) is 0 Å². The second-order valence-corrected chi connectivity index (χ2v) is 6.87. The molecule has 2 aliphatic rings. The van der Waals surface area contributed by atoms with Crippen molar-refractivity contribution in [3.63, 3.8) is 0 Å². The van der Waals surface area contributed by atoms with Gasteiger partial charge in [0.05, 0.1) is 0 Å². The van der Waals surface area contributed by atoms with Crippen LogP contribution in [0.25, 0.3) is 0 Å². The largest absolute Gasteiger partial charge is 0.489 e. The highest BCUT2D eigenvalue weighted by Crippen LogP contribution is 2.45. The molecule has 2 aromatic carbocycles. The number of hydrogen-bond donors (Lipinski definition) is 2. The maximum Gasteiger partial charge on any atom is 0.326 e. The average molecular weight is 356 g/mol. The third-order valence-electron chi connectivity index (χ3n) is 4.96. The third-order valence-corrected chi connectivity index (χ3v) is 5.21. The summed E-state index contributed by atoms with van der Waals surface area (Å²) in [5.41, 5.74) is 2.99. The molecular formula is C20H18ClNO3. The minimum atomic E-state index is -0.808. The van der Waals surface area contributed by atoms with Gasteiger partial charge < -0.3 is 15.2 Å². The molecule has 3 atom stereocenters. The molecule has 25 heavy (non-hydrogen) atoms. The summed E-state index contributed by atoms with van der Waals surface area (Å²) in [7, 11) is 0. The fraction of sp³-hybridized carbons (Fsp3) is 0.250. The Morgan fingerprint density at radius 3 is 2.80 bits per heavy atom. The van der Waals surface area contributed by atoms with E-state index in [-0.39, 0.29) is 11.8 Å². The van der Waals surface area contributed by atoms with Gasteiger partial charge in [0.2, 0.25) is 0 Å². The number of carbonyl (C=O) groups is 1. The standard InChI is InChI=1S/C20H18ClNO3/c21-13-7-9-14(10-8-13)25-11-12-3-1-5-16-15-4-2-6-17(15)19(20(23)24)22-18(12)16/h1-5,7-10,15,17,19,22H,6,11H2,(H,23,24). The predicted molar refractivity (Wildman–Crippen MR) is 97.3 cm³/mol. The summed E-state index contributed by atoms with van der Waals surface area (Å²) >= 11 is 5.89. The van der Waals surface area contributed by atoms with Crippen LogP contribution in [0.15, 0.2) is 54.6 Å². The van der Waals surface area contributed by atoms with Crippen molar-refractivity contribution in [2.75, 3.05) is 5.32 Å². The second kappa shape index (κ2) is 6.45. The van der Waals surface area contributed by atoms with E-state index in [0.29, 0.717) is 11.6 Å². The van der Waals surface area contributed by atoms with Gasteiger partial charge in [-0.25, -0.2) is 4.79 Å². The van der Waals surface area contributed by atoms with E-state index in [9.17, 15) is 9.90 Å². The lowest BCUT2D eigenvalue weighted by Crippen LogP contribution is -2.42. The minimum absolute atomic E-state index is 0.0671. The first-order valence-corrected chi connectivity index (χ1v) is 8.67. The number of anilines is 1. The lowest BCUT2D eigenvalue weighted by atomic mass is 9.78. The van der Waals surface area contributed by atoms with Gasteiger partial charge in [-0.05, 0) is 36.2 Å². The van der Waals surface area contributed by atoms with Crippen molar-refractivity contribution in [3.05, 3.63) is 70.8 Å². The van der Waals surface area contributed by atoms with Gasteiger partial charge >= 0.3 is 5.97 Å². The molecule has 5 heteroatoms. The van der Waals surface area contributed by atoms with Gasteiger partial charge in [-0.15, -0.1) is 0 Å². The Kier molecular flexibility index (Phi) is 4.14. The number of benzene rings is 2. The van der Waals surface area contributed by atoms with E-state index in [1.165, 1.54) is 0 Å². The Balaban J connectivity index is 1.62. The number of fused-ring (bicyclic) bond motifs is 3. The van der Waals surface area contributed by atoms with Gasteiger partial charge in [-0.2, -0.15) is 0 Å². The highest BCUT2D eigenvalue weighted by atomic mass is 35.5. The number of halogens is 1. The predicted octanol–water partition coefficient (Wildman–Crippen LogP) is 4.46. The maximum atomic E-state index is 11.7. The number of para-hydroxylation sites is 1. The molecular weight excluding hydrogens is 338 g/mol. The number of hydrogen-bond acceptors (Lipinski definition) is 3. The summed E-state index contributed by atoms with van der Waals surface area (Å²) in [6.07, 6.45) is 5.00. The Labute approximate surface area is 151 Å². The van der Waals surface area contributed by atoms with Crippen LogP contribution < -0.4 is 10.1 Å². The van der Waals surface area contributed by atoms with Gasteiger partial charge in [0.1, 0.15) is 18.4 Å². The van der Waals surface area contributed by atoms with Gasteiger partial charge in [-0.1, -0.05) is 42.0 Å². The first-order valence-electron chi connectivity index (χ1n) is 8.29. The maximum absolute atomic E-state index is 11.7. The molecule has 0 fully saturated rings. The van der Waals surface area contributed by atoms with Gasteiger partial charge in [0, 0.05) is 28.1 Å². The van der Waals surface area contributed by atoms with Crippen LogP contribution in [0.1, 0.15) is 23.5 Å². The summed E-state index contributed by atoms with van der Waals surface area (Å²) in [6, 6.07) is 12.7. The molecule has 1 aliphatic heterocycles. The van der Waals surface area contributed by atoms with Crippen LogP contribution in [0.3, 0.4) is 0 Å². The smallest absolute Gasteiger partial charge is 0.326 e. The van der Waals surface area contributed by atoms with Crippen LogP contribution >= 0.6 is 11.6 Å². The van der Waals surface area contributed by atoms with E-state index in [0.717, 1.165) is 29.0 Å². The molecule has 3 unspecified atom stereocenters. The molecule has 4 nitrogen and oxygen atoms in total. The molecule has 0 spiro atoms. The van der Waals surface area contributed by atoms with Crippen LogP contribution in [-0.4, -0.2) is 17.1 Å². The van der Waals surface area contributed by atoms with Crippen LogP contribution in [-0.2, 0) is 11.4 Å². The number of nitrogens with one attached hydrogen (secondary N) is 1. The highest BCUT2D eigenvalue weighted by Gasteiger charge is 2.41. The quantitative estimate of drug-likeness (QED) is 0.795. The fourth-order valence-corrected chi connectivity index (χ4v) is 3.87. The Morgan fingerprint density at radius 1 is 1.24 bits per heavy atom. The van der Waals surface area contributed by atoms with E-state index < -0.39 is 12.0 Å². The van der Waals surface area contributed by atoms with Crippen molar-refractivity contribution in [3.8, 4) is 5.75 Å². The number of carboxylic acid groups (broad SMARTS) is 1. The van der Waals surface area contributed by atoms with E-state index >= 15 is 0 Å². The van der Waals surface area contributed by atoms with E-state index in [1.54, 1.807) is 12.1 Å². The molecule has 2 N–H and O–H groups in total. The Bertz CT molecular complexity index is 831. The molecule has 1 aliphatic carbocycles. The molecule has 0 saturated heterocycles. The first kappa shape index (κ1) is 16.0.